The van der Waals surface area contributed by atoms with Gasteiger partial charge in [-0.1, -0.05) is 0 Å². The first-order valence-corrected chi connectivity index (χ1v) is 6.90. The number of amides is 1. The minimum Gasteiger partial charge on any atom is -0.382 e. The fourth-order valence-electron chi connectivity index (χ4n) is 1.42. The molecule has 0 radical (unpaired) electrons. The Morgan fingerprint density at radius 1 is 1.05 bits per heavy atom. The summed E-state index contributed by atoms with van der Waals surface area (Å²) >= 11 is 4.17. The van der Waals surface area contributed by atoms with E-state index in [2.05, 4.69) is 17.9 Å². The molecule has 0 aliphatic carbocycles. The summed E-state index contributed by atoms with van der Waals surface area (Å²) < 4.78 is 15.4. The lowest BCUT2D eigenvalue weighted by Gasteiger charge is -2.07. The van der Waals surface area contributed by atoms with Gasteiger partial charge in [0, 0.05) is 24.1 Å². The van der Waals surface area contributed by atoms with Crippen LogP contribution < -0.4 is 5.32 Å². The van der Waals surface area contributed by atoms with Crippen molar-refractivity contribution < 1.29 is 19.0 Å². The Balaban J connectivity index is 2.01. The highest BCUT2D eigenvalue weighted by molar-refractivity contribution is 7.80. The molecule has 112 valence electrons. The van der Waals surface area contributed by atoms with Crippen LogP contribution in [0.2, 0.25) is 0 Å². The Kier molecular flexibility index (Phi) is 9.06. The van der Waals surface area contributed by atoms with Gasteiger partial charge in [0.2, 0.25) is 0 Å². The second-order valence-electron chi connectivity index (χ2n) is 4.02. The molecule has 0 aromatic heterocycles. The number of carbonyl (C=O) groups excluding carboxylic acids is 1. The van der Waals surface area contributed by atoms with Crippen molar-refractivity contribution in [3.63, 3.8) is 0 Å². The Labute approximate surface area is 125 Å². The summed E-state index contributed by atoms with van der Waals surface area (Å²) in [5.41, 5.74) is 0.616. The van der Waals surface area contributed by atoms with E-state index in [4.69, 9.17) is 14.2 Å². The first-order valence-electron chi connectivity index (χ1n) is 6.45. The summed E-state index contributed by atoms with van der Waals surface area (Å²) in [5.74, 6) is -0.113. The van der Waals surface area contributed by atoms with Gasteiger partial charge in [0.25, 0.3) is 5.91 Å². The molecular formula is C14H21NO4S. The molecule has 0 atom stereocenters. The van der Waals surface area contributed by atoms with Crippen molar-refractivity contribution in [2.24, 2.45) is 0 Å². The summed E-state index contributed by atoms with van der Waals surface area (Å²) in [7, 11) is 1.63. The monoisotopic (exact) mass is 299 g/mol. The van der Waals surface area contributed by atoms with Crippen LogP contribution in [0.4, 0.5) is 0 Å². The number of thiol groups is 1. The van der Waals surface area contributed by atoms with Crippen LogP contribution in [0.3, 0.4) is 0 Å². The van der Waals surface area contributed by atoms with E-state index >= 15 is 0 Å². The number of benzene rings is 1. The SMILES string of the molecule is COCCOCCOCCNC(=O)c1ccc(S)cc1. The summed E-state index contributed by atoms with van der Waals surface area (Å²) in [4.78, 5) is 12.6. The smallest absolute Gasteiger partial charge is 0.251 e. The number of ether oxygens (including phenoxy) is 3. The molecule has 0 heterocycles. The van der Waals surface area contributed by atoms with Crippen LogP contribution in [0.1, 0.15) is 10.4 Å². The maximum Gasteiger partial charge on any atom is 0.251 e. The number of nitrogens with one attached hydrogen (secondary N) is 1. The van der Waals surface area contributed by atoms with E-state index in [-0.39, 0.29) is 5.91 Å². The van der Waals surface area contributed by atoms with Gasteiger partial charge >= 0.3 is 0 Å². The van der Waals surface area contributed by atoms with Gasteiger partial charge in [-0.3, -0.25) is 4.79 Å². The van der Waals surface area contributed by atoms with Gasteiger partial charge in [0.15, 0.2) is 0 Å². The predicted molar refractivity (Wildman–Crippen MR) is 79.5 cm³/mol. The summed E-state index contributed by atoms with van der Waals surface area (Å²) in [5, 5.41) is 2.78. The van der Waals surface area contributed by atoms with Crippen molar-refractivity contribution in [3.8, 4) is 0 Å². The lowest BCUT2D eigenvalue weighted by Crippen LogP contribution is -2.27. The maximum absolute atomic E-state index is 11.7. The molecule has 0 fully saturated rings. The molecule has 6 heteroatoms. The summed E-state index contributed by atoms with van der Waals surface area (Å²) in [6.45, 7) is 3.12. The van der Waals surface area contributed by atoms with Gasteiger partial charge in [-0.15, -0.1) is 12.6 Å². The molecule has 0 saturated carbocycles. The van der Waals surface area contributed by atoms with E-state index in [1.807, 2.05) is 0 Å². The minimum atomic E-state index is -0.113. The Morgan fingerprint density at radius 2 is 1.65 bits per heavy atom. The lowest BCUT2D eigenvalue weighted by atomic mass is 10.2. The van der Waals surface area contributed by atoms with Crippen LogP contribution in [-0.4, -0.2) is 52.6 Å². The normalized spacial score (nSPS) is 10.5. The molecule has 0 aliphatic heterocycles. The molecule has 0 spiro atoms. The second-order valence-corrected chi connectivity index (χ2v) is 4.54. The number of hydrogen-bond donors (Lipinski definition) is 2. The summed E-state index contributed by atoms with van der Waals surface area (Å²) in [6.07, 6.45) is 0. The molecular weight excluding hydrogens is 278 g/mol. The number of rotatable bonds is 10. The third-order valence-electron chi connectivity index (χ3n) is 2.47. The van der Waals surface area contributed by atoms with Crippen LogP contribution >= 0.6 is 12.6 Å². The highest BCUT2D eigenvalue weighted by atomic mass is 32.1. The van der Waals surface area contributed by atoms with Crippen molar-refractivity contribution in [2.75, 3.05) is 46.7 Å². The van der Waals surface area contributed by atoms with Gasteiger partial charge in [-0.05, 0) is 24.3 Å². The molecule has 0 aliphatic rings. The number of methoxy groups -OCH3 is 1. The lowest BCUT2D eigenvalue weighted by molar-refractivity contribution is 0.0255. The standard InChI is InChI=1S/C14H21NO4S/c1-17-8-9-19-11-10-18-7-6-15-14(16)12-2-4-13(20)5-3-12/h2-5,20H,6-11H2,1H3,(H,15,16). The molecule has 1 rings (SSSR count). The fourth-order valence-corrected chi connectivity index (χ4v) is 1.56. The van der Waals surface area contributed by atoms with Crippen molar-refractivity contribution in [2.45, 2.75) is 4.90 Å². The molecule has 1 aromatic carbocycles. The van der Waals surface area contributed by atoms with E-state index in [1.165, 1.54) is 0 Å². The van der Waals surface area contributed by atoms with E-state index < -0.39 is 0 Å². The molecule has 1 N–H and O–H groups in total. The first-order chi connectivity index (χ1) is 9.74. The van der Waals surface area contributed by atoms with Crippen molar-refractivity contribution in [1.29, 1.82) is 0 Å². The van der Waals surface area contributed by atoms with Gasteiger partial charge in [-0.2, -0.15) is 0 Å². The van der Waals surface area contributed by atoms with Crippen molar-refractivity contribution in [1.82, 2.24) is 5.32 Å². The zero-order chi connectivity index (χ0) is 14.6. The number of carbonyl (C=O) groups is 1. The van der Waals surface area contributed by atoms with Crippen LogP contribution in [-0.2, 0) is 14.2 Å². The van der Waals surface area contributed by atoms with Gasteiger partial charge < -0.3 is 19.5 Å². The average Bonchev–Trinajstić information content (AvgIpc) is 2.46. The third kappa shape index (κ3) is 7.49. The first kappa shape index (κ1) is 17.0. The highest BCUT2D eigenvalue weighted by Gasteiger charge is 2.03. The Hall–Kier alpha value is -1.08. The predicted octanol–water partition coefficient (Wildman–Crippen LogP) is 1.38. The van der Waals surface area contributed by atoms with Crippen LogP contribution in [0.15, 0.2) is 29.2 Å². The van der Waals surface area contributed by atoms with Crippen LogP contribution in [0, 0.1) is 0 Å². The van der Waals surface area contributed by atoms with Gasteiger partial charge in [0.1, 0.15) is 0 Å². The van der Waals surface area contributed by atoms with E-state index in [9.17, 15) is 4.79 Å². The Bertz CT molecular complexity index is 383. The maximum atomic E-state index is 11.7. The molecule has 5 nitrogen and oxygen atoms in total. The third-order valence-corrected chi connectivity index (χ3v) is 2.76. The number of hydrogen-bond acceptors (Lipinski definition) is 5. The quantitative estimate of drug-likeness (QED) is 0.506. The highest BCUT2D eigenvalue weighted by Crippen LogP contribution is 2.07. The molecule has 0 saturated heterocycles. The molecule has 1 aromatic rings. The van der Waals surface area contributed by atoms with Gasteiger partial charge in [-0.25, -0.2) is 0 Å². The molecule has 0 bridgehead atoms. The fraction of sp³-hybridized carbons (Fsp3) is 0.500. The average molecular weight is 299 g/mol. The van der Waals surface area contributed by atoms with Crippen LogP contribution in [0.25, 0.3) is 0 Å². The molecule has 0 unspecified atom stereocenters. The topological polar surface area (TPSA) is 56.8 Å². The van der Waals surface area contributed by atoms with E-state index in [0.717, 1.165) is 4.90 Å². The molecule has 1 amide bonds. The van der Waals surface area contributed by atoms with E-state index in [1.54, 1.807) is 31.4 Å². The zero-order valence-electron chi connectivity index (χ0n) is 11.6. The Morgan fingerprint density at radius 3 is 2.30 bits per heavy atom. The second kappa shape index (κ2) is 10.7. The van der Waals surface area contributed by atoms with Crippen molar-refractivity contribution >= 4 is 18.5 Å². The molecule has 20 heavy (non-hydrogen) atoms. The van der Waals surface area contributed by atoms with Crippen molar-refractivity contribution in [3.05, 3.63) is 29.8 Å². The zero-order valence-corrected chi connectivity index (χ0v) is 12.5. The largest absolute Gasteiger partial charge is 0.382 e. The minimum absolute atomic E-state index is 0.113. The van der Waals surface area contributed by atoms with Crippen LogP contribution in [0.5, 0.6) is 0 Å². The van der Waals surface area contributed by atoms with Gasteiger partial charge in [0.05, 0.1) is 33.0 Å². The summed E-state index contributed by atoms with van der Waals surface area (Å²) in [6, 6.07) is 7.04. The van der Waals surface area contributed by atoms with E-state index in [0.29, 0.717) is 45.1 Å².